The van der Waals surface area contributed by atoms with Crippen molar-refractivity contribution >= 4 is 11.3 Å². The van der Waals surface area contributed by atoms with Crippen LogP contribution in [0.2, 0.25) is 0 Å². The quantitative estimate of drug-likeness (QED) is 0.482. The average Bonchev–Trinajstić information content (AvgIpc) is 3.25. The van der Waals surface area contributed by atoms with Gasteiger partial charge in [-0.05, 0) is 30.0 Å². The zero-order valence-corrected chi connectivity index (χ0v) is 13.6. The van der Waals surface area contributed by atoms with E-state index in [0.717, 1.165) is 17.2 Å². The number of rotatable bonds is 3. The lowest BCUT2D eigenvalue weighted by molar-refractivity contribution is 0.976. The van der Waals surface area contributed by atoms with Gasteiger partial charge in [0.25, 0.3) is 0 Å². The van der Waals surface area contributed by atoms with E-state index in [1.54, 1.807) is 11.3 Å². The van der Waals surface area contributed by atoms with Crippen molar-refractivity contribution in [2.75, 3.05) is 0 Å². The maximum absolute atomic E-state index is 4.73. The molecule has 0 aliphatic heterocycles. The molecule has 0 N–H and O–H groups in total. The SMILES string of the molecule is Cc1nc(-c2ccsc2)cn1-c1ccccc1-c1ccccc1. The van der Waals surface area contributed by atoms with Crippen LogP contribution in [0.1, 0.15) is 5.82 Å². The predicted octanol–water partition coefficient (Wildman–Crippen LogP) is 5.58. The van der Waals surface area contributed by atoms with Crippen LogP contribution >= 0.6 is 11.3 Å². The van der Waals surface area contributed by atoms with Gasteiger partial charge in [0, 0.05) is 22.7 Å². The first-order chi connectivity index (χ1) is 11.3. The summed E-state index contributed by atoms with van der Waals surface area (Å²) in [6, 6.07) is 21.1. The maximum atomic E-state index is 4.73. The Kier molecular flexibility index (Phi) is 3.56. The maximum Gasteiger partial charge on any atom is 0.110 e. The molecule has 0 amide bonds. The summed E-state index contributed by atoms with van der Waals surface area (Å²) >= 11 is 1.70. The van der Waals surface area contributed by atoms with E-state index in [2.05, 4.69) is 83.0 Å². The summed E-state index contributed by atoms with van der Waals surface area (Å²) in [5, 5.41) is 4.22. The number of hydrogen-bond donors (Lipinski definition) is 0. The van der Waals surface area contributed by atoms with E-state index in [-0.39, 0.29) is 0 Å². The van der Waals surface area contributed by atoms with E-state index in [1.165, 1.54) is 16.7 Å². The lowest BCUT2D eigenvalue weighted by atomic mass is 10.0. The van der Waals surface area contributed by atoms with Gasteiger partial charge in [0.2, 0.25) is 0 Å². The van der Waals surface area contributed by atoms with Crippen LogP contribution in [0.4, 0.5) is 0 Å². The molecule has 23 heavy (non-hydrogen) atoms. The lowest BCUT2D eigenvalue weighted by Gasteiger charge is -2.11. The van der Waals surface area contributed by atoms with Gasteiger partial charge in [-0.1, -0.05) is 48.5 Å². The summed E-state index contributed by atoms with van der Waals surface area (Å²) in [7, 11) is 0. The van der Waals surface area contributed by atoms with E-state index >= 15 is 0 Å². The fraction of sp³-hybridized carbons (Fsp3) is 0.0500. The molecule has 0 atom stereocenters. The number of para-hydroxylation sites is 1. The highest BCUT2D eigenvalue weighted by Crippen LogP contribution is 2.29. The van der Waals surface area contributed by atoms with Crippen molar-refractivity contribution < 1.29 is 0 Å². The summed E-state index contributed by atoms with van der Waals surface area (Å²) in [6.07, 6.45) is 2.12. The normalized spacial score (nSPS) is 10.8. The highest BCUT2D eigenvalue weighted by Gasteiger charge is 2.12. The standard InChI is InChI=1S/C20H16N2S/c1-15-21-19(17-11-12-23-14-17)13-22(15)20-10-6-5-9-18(20)16-7-3-2-4-8-16/h2-14H,1H3. The van der Waals surface area contributed by atoms with Gasteiger partial charge in [0.05, 0.1) is 11.4 Å². The Morgan fingerprint density at radius 3 is 2.43 bits per heavy atom. The summed E-state index contributed by atoms with van der Waals surface area (Å²) in [5.41, 5.74) is 5.78. The Labute approximate surface area is 139 Å². The second-order valence-corrected chi connectivity index (χ2v) is 6.22. The monoisotopic (exact) mass is 316 g/mol. The number of thiophene rings is 1. The number of imidazole rings is 1. The molecule has 3 heteroatoms. The Balaban J connectivity index is 1.86. The molecule has 0 saturated heterocycles. The second kappa shape index (κ2) is 5.86. The molecule has 2 aromatic heterocycles. The Bertz CT molecular complexity index is 921. The minimum Gasteiger partial charge on any atom is -0.303 e. The van der Waals surface area contributed by atoms with Crippen LogP contribution < -0.4 is 0 Å². The van der Waals surface area contributed by atoms with Gasteiger partial charge in [0.1, 0.15) is 5.82 Å². The largest absolute Gasteiger partial charge is 0.303 e. The molecule has 4 aromatic rings. The van der Waals surface area contributed by atoms with Crippen molar-refractivity contribution in [2.24, 2.45) is 0 Å². The molecular weight excluding hydrogens is 300 g/mol. The van der Waals surface area contributed by atoms with Crippen LogP contribution in [0.15, 0.2) is 77.6 Å². The van der Waals surface area contributed by atoms with Crippen molar-refractivity contribution in [2.45, 2.75) is 6.92 Å². The second-order valence-electron chi connectivity index (χ2n) is 5.44. The highest BCUT2D eigenvalue weighted by atomic mass is 32.1. The molecule has 0 aliphatic rings. The van der Waals surface area contributed by atoms with Gasteiger partial charge in [-0.15, -0.1) is 0 Å². The minimum absolute atomic E-state index is 0.995. The van der Waals surface area contributed by atoms with Crippen LogP contribution in [-0.2, 0) is 0 Å². The van der Waals surface area contributed by atoms with E-state index < -0.39 is 0 Å². The first-order valence-electron chi connectivity index (χ1n) is 7.56. The molecule has 2 heterocycles. The Morgan fingerprint density at radius 1 is 0.870 bits per heavy atom. The van der Waals surface area contributed by atoms with Crippen LogP contribution in [0.25, 0.3) is 28.1 Å². The van der Waals surface area contributed by atoms with Gasteiger partial charge >= 0.3 is 0 Å². The average molecular weight is 316 g/mol. The smallest absolute Gasteiger partial charge is 0.110 e. The summed E-state index contributed by atoms with van der Waals surface area (Å²) in [4.78, 5) is 4.73. The molecule has 112 valence electrons. The zero-order valence-electron chi connectivity index (χ0n) is 12.8. The zero-order chi connectivity index (χ0) is 15.6. The van der Waals surface area contributed by atoms with Gasteiger partial charge < -0.3 is 4.57 Å². The number of aromatic nitrogens is 2. The summed E-state index contributed by atoms with van der Waals surface area (Å²) in [5.74, 6) is 0.995. The summed E-state index contributed by atoms with van der Waals surface area (Å²) in [6.45, 7) is 2.05. The molecule has 0 unspecified atom stereocenters. The number of nitrogens with zero attached hydrogens (tertiary/aromatic N) is 2. The first-order valence-corrected chi connectivity index (χ1v) is 8.50. The lowest BCUT2D eigenvalue weighted by Crippen LogP contribution is -1.97. The number of hydrogen-bond acceptors (Lipinski definition) is 2. The van der Waals surface area contributed by atoms with Gasteiger partial charge in [-0.3, -0.25) is 0 Å². The first kappa shape index (κ1) is 14.0. The van der Waals surface area contributed by atoms with Crippen molar-refractivity contribution in [1.82, 2.24) is 9.55 Å². The van der Waals surface area contributed by atoms with Crippen molar-refractivity contribution in [1.29, 1.82) is 0 Å². The topological polar surface area (TPSA) is 17.8 Å². The fourth-order valence-electron chi connectivity index (χ4n) is 2.81. The third-order valence-electron chi connectivity index (χ3n) is 3.95. The van der Waals surface area contributed by atoms with E-state index in [1.807, 2.05) is 6.07 Å². The van der Waals surface area contributed by atoms with Crippen LogP contribution in [-0.4, -0.2) is 9.55 Å². The third-order valence-corrected chi connectivity index (χ3v) is 4.63. The molecule has 0 saturated carbocycles. The van der Waals surface area contributed by atoms with Crippen molar-refractivity contribution in [3.8, 4) is 28.1 Å². The van der Waals surface area contributed by atoms with Crippen molar-refractivity contribution in [3.63, 3.8) is 0 Å². The van der Waals surface area contributed by atoms with Gasteiger partial charge in [-0.25, -0.2) is 4.98 Å². The van der Waals surface area contributed by atoms with Crippen molar-refractivity contribution in [3.05, 3.63) is 83.4 Å². The van der Waals surface area contributed by atoms with Crippen LogP contribution in [0.5, 0.6) is 0 Å². The van der Waals surface area contributed by atoms with Crippen LogP contribution in [0, 0.1) is 6.92 Å². The molecule has 0 bridgehead atoms. The molecule has 0 aliphatic carbocycles. The third kappa shape index (κ3) is 2.60. The van der Waals surface area contributed by atoms with E-state index in [9.17, 15) is 0 Å². The highest BCUT2D eigenvalue weighted by molar-refractivity contribution is 7.08. The molecule has 4 rings (SSSR count). The molecule has 0 fully saturated rings. The van der Waals surface area contributed by atoms with Gasteiger partial charge in [-0.2, -0.15) is 11.3 Å². The Morgan fingerprint density at radius 2 is 1.65 bits per heavy atom. The summed E-state index contributed by atoms with van der Waals surface area (Å²) < 4.78 is 2.18. The molecular formula is C20H16N2S. The number of benzene rings is 2. The number of aryl methyl sites for hydroxylation is 1. The Hall–Kier alpha value is -2.65. The predicted molar refractivity (Wildman–Crippen MR) is 97.1 cm³/mol. The van der Waals surface area contributed by atoms with E-state index in [4.69, 9.17) is 4.98 Å². The fourth-order valence-corrected chi connectivity index (χ4v) is 3.46. The minimum atomic E-state index is 0.995. The van der Waals surface area contributed by atoms with E-state index in [0.29, 0.717) is 0 Å². The van der Waals surface area contributed by atoms with Gasteiger partial charge in [0.15, 0.2) is 0 Å². The molecule has 0 spiro atoms. The molecule has 2 nitrogen and oxygen atoms in total. The van der Waals surface area contributed by atoms with Crippen LogP contribution in [0.3, 0.4) is 0 Å². The molecule has 2 aromatic carbocycles. The molecule has 0 radical (unpaired) electrons.